The Morgan fingerprint density at radius 1 is 1.60 bits per heavy atom. The molecule has 1 aromatic heterocycles. The maximum absolute atomic E-state index is 10.3. The second-order valence-corrected chi connectivity index (χ2v) is 3.25. The lowest BCUT2D eigenvalue weighted by molar-refractivity contribution is -0.136. The molecule has 0 bridgehead atoms. The zero-order valence-electron chi connectivity index (χ0n) is 8.12. The minimum Gasteiger partial charge on any atom is -0.481 e. The van der Waals surface area contributed by atoms with Gasteiger partial charge in [-0.05, 0) is 6.92 Å². The zero-order valence-corrected chi connectivity index (χ0v) is 8.88. The summed E-state index contributed by atoms with van der Waals surface area (Å²) in [4.78, 5) is 18.1. The van der Waals surface area contributed by atoms with Gasteiger partial charge in [-0.3, -0.25) is 4.79 Å². The topological polar surface area (TPSA) is 101 Å². The molecule has 0 aliphatic rings. The Hall–Kier alpha value is -1.56. The Labute approximate surface area is 91.5 Å². The molecule has 1 rings (SSSR count). The fraction of sp³-hybridized carbons (Fsp3) is 0.375. The molecule has 0 spiro atoms. The zero-order chi connectivity index (χ0) is 11.4. The van der Waals surface area contributed by atoms with Crippen LogP contribution in [0.25, 0.3) is 0 Å². The Bertz CT molecular complexity index is 383. The standard InChI is InChI=1S/C8H11ClN4O2/c1-4-12-7(9)6(10)8(13-4)11-3-2-5(14)15/h2-3,10H2,1H3,(H,14,15)(H,11,12,13). The lowest BCUT2D eigenvalue weighted by Gasteiger charge is -2.08. The van der Waals surface area contributed by atoms with Crippen molar-refractivity contribution in [3.05, 3.63) is 11.0 Å². The van der Waals surface area contributed by atoms with Crippen LogP contribution in [0.4, 0.5) is 11.5 Å². The number of rotatable bonds is 4. The van der Waals surface area contributed by atoms with Crippen LogP contribution in [0, 0.1) is 6.92 Å². The van der Waals surface area contributed by atoms with Gasteiger partial charge in [0.15, 0.2) is 11.0 Å². The number of aryl methyl sites for hydroxylation is 1. The van der Waals surface area contributed by atoms with E-state index in [9.17, 15) is 4.79 Å². The number of carboxylic acid groups (broad SMARTS) is 1. The molecule has 6 nitrogen and oxygen atoms in total. The summed E-state index contributed by atoms with van der Waals surface area (Å²) in [6, 6.07) is 0. The van der Waals surface area contributed by atoms with Gasteiger partial charge in [-0.1, -0.05) is 11.6 Å². The van der Waals surface area contributed by atoms with E-state index in [4.69, 9.17) is 22.4 Å². The van der Waals surface area contributed by atoms with E-state index < -0.39 is 5.97 Å². The molecule has 0 aliphatic carbocycles. The maximum Gasteiger partial charge on any atom is 0.305 e. The van der Waals surface area contributed by atoms with Gasteiger partial charge in [-0.15, -0.1) is 0 Å². The van der Waals surface area contributed by atoms with Crippen molar-refractivity contribution in [3.63, 3.8) is 0 Å². The first-order valence-corrected chi connectivity index (χ1v) is 4.63. The van der Waals surface area contributed by atoms with Gasteiger partial charge >= 0.3 is 5.97 Å². The van der Waals surface area contributed by atoms with Gasteiger partial charge < -0.3 is 16.2 Å². The molecule has 1 heterocycles. The molecule has 0 unspecified atom stereocenters. The highest BCUT2D eigenvalue weighted by Crippen LogP contribution is 2.23. The number of nitrogens with zero attached hydrogens (tertiary/aromatic N) is 2. The summed E-state index contributed by atoms with van der Waals surface area (Å²) in [7, 11) is 0. The van der Waals surface area contributed by atoms with Crippen LogP contribution in [0.2, 0.25) is 5.15 Å². The first kappa shape index (κ1) is 11.5. The van der Waals surface area contributed by atoms with E-state index in [-0.39, 0.29) is 23.8 Å². The Morgan fingerprint density at radius 3 is 2.87 bits per heavy atom. The van der Waals surface area contributed by atoms with Crippen molar-refractivity contribution in [2.24, 2.45) is 0 Å². The van der Waals surface area contributed by atoms with Crippen molar-refractivity contribution in [1.29, 1.82) is 0 Å². The van der Waals surface area contributed by atoms with Crippen LogP contribution in [0.15, 0.2) is 0 Å². The monoisotopic (exact) mass is 230 g/mol. The molecule has 4 N–H and O–H groups in total. The number of nitrogen functional groups attached to an aromatic ring is 1. The van der Waals surface area contributed by atoms with Gasteiger partial charge in [-0.25, -0.2) is 9.97 Å². The van der Waals surface area contributed by atoms with Gasteiger partial charge in [0.05, 0.1) is 6.42 Å². The fourth-order valence-corrected chi connectivity index (χ4v) is 1.18. The minimum absolute atomic E-state index is 0.0138. The molecule has 0 saturated carbocycles. The van der Waals surface area contributed by atoms with Gasteiger partial charge in [0.1, 0.15) is 11.5 Å². The number of aliphatic carboxylic acids is 1. The Morgan fingerprint density at radius 2 is 2.27 bits per heavy atom. The van der Waals surface area contributed by atoms with Crippen molar-refractivity contribution >= 4 is 29.1 Å². The van der Waals surface area contributed by atoms with E-state index in [0.29, 0.717) is 11.6 Å². The highest BCUT2D eigenvalue weighted by atomic mass is 35.5. The lowest BCUT2D eigenvalue weighted by Crippen LogP contribution is -2.11. The summed E-state index contributed by atoms with van der Waals surface area (Å²) in [6.45, 7) is 1.92. The van der Waals surface area contributed by atoms with Gasteiger partial charge in [0.2, 0.25) is 0 Å². The van der Waals surface area contributed by atoms with E-state index >= 15 is 0 Å². The third kappa shape index (κ3) is 3.25. The molecule has 0 atom stereocenters. The largest absolute Gasteiger partial charge is 0.481 e. The Kier molecular flexibility index (Phi) is 3.68. The number of hydrogen-bond donors (Lipinski definition) is 3. The molecular formula is C8H11ClN4O2. The number of aromatic nitrogens is 2. The van der Waals surface area contributed by atoms with Crippen LogP contribution in [-0.2, 0) is 4.79 Å². The van der Waals surface area contributed by atoms with E-state index in [2.05, 4.69) is 15.3 Å². The van der Waals surface area contributed by atoms with Crippen molar-refractivity contribution < 1.29 is 9.90 Å². The van der Waals surface area contributed by atoms with Crippen molar-refractivity contribution in [3.8, 4) is 0 Å². The summed E-state index contributed by atoms with van der Waals surface area (Å²) < 4.78 is 0. The lowest BCUT2D eigenvalue weighted by atomic mass is 10.4. The van der Waals surface area contributed by atoms with Crippen LogP contribution in [0.3, 0.4) is 0 Å². The van der Waals surface area contributed by atoms with Crippen LogP contribution in [0.1, 0.15) is 12.2 Å². The number of hydrogen-bond acceptors (Lipinski definition) is 5. The van der Waals surface area contributed by atoms with Gasteiger partial charge in [0, 0.05) is 6.54 Å². The highest BCUT2D eigenvalue weighted by molar-refractivity contribution is 6.32. The molecular weight excluding hydrogens is 220 g/mol. The van der Waals surface area contributed by atoms with Crippen molar-refractivity contribution in [2.45, 2.75) is 13.3 Å². The molecule has 0 aliphatic heterocycles. The van der Waals surface area contributed by atoms with Crippen LogP contribution < -0.4 is 11.1 Å². The molecule has 82 valence electrons. The predicted molar refractivity (Wildman–Crippen MR) is 56.9 cm³/mol. The molecule has 15 heavy (non-hydrogen) atoms. The second-order valence-electron chi connectivity index (χ2n) is 2.89. The number of halogens is 1. The fourth-order valence-electron chi connectivity index (χ4n) is 0.970. The summed E-state index contributed by atoms with van der Waals surface area (Å²) in [6.07, 6.45) is -0.0138. The Balaban J connectivity index is 2.72. The third-order valence-corrected chi connectivity index (χ3v) is 1.93. The first-order chi connectivity index (χ1) is 7.00. The number of carbonyl (C=O) groups is 1. The molecule has 0 radical (unpaired) electrons. The summed E-state index contributed by atoms with van der Waals surface area (Å²) in [5, 5.41) is 11.4. The van der Waals surface area contributed by atoms with E-state index in [1.165, 1.54) is 0 Å². The highest BCUT2D eigenvalue weighted by Gasteiger charge is 2.07. The van der Waals surface area contributed by atoms with Gasteiger partial charge in [0.25, 0.3) is 0 Å². The van der Waals surface area contributed by atoms with Crippen LogP contribution >= 0.6 is 11.6 Å². The van der Waals surface area contributed by atoms with Gasteiger partial charge in [-0.2, -0.15) is 0 Å². The second kappa shape index (κ2) is 4.79. The quantitative estimate of drug-likeness (QED) is 0.665. The normalized spacial score (nSPS) is 10.0. The summed E-state index contributed by atoms with van der Waals surface area (Å²) in [5.74, 6) is -0.0429. The summed E-state index contributed by atoms with van der Waals surface area (Å²) >= 11 is 5.73. The smallest absolute Gasteiger partial charge is 0.305 e. The number of nitrogens with one attached hydrogen (secondary N) is 1. The summed E-state index contributed by atoms with van der Waals surface area (Å²) in [5.41, 5.74) is 5.83. The van der Waals surface area contributed by atoms with E-state index in [1.54, 1.807) is 6.92 Å². The molecule has 1 aromatic rings. The molecule has 0 saturated heterocycles. The van der Waals surface area contributed by atoms with Crippen molar-refractivity contribution in [2.75, 3.05) is 17.6 Å². The SMILES string of the molecule is Cc1nc(Cl)c(N)c(NCCC(=O)O)n1. The molecule has 7 heteroatoms. The van der Waals surface area contributed by atoms with E-state index in [0.717, 1.165) is 0 Å². The molecule has 0 amide bonds. The third-order valence-electron chi connectivity index (χ3n) is 1.64. The average Bonchev–Trinajstić information content (AvgIpc) is 2.12. The minimum atomic E-state index is -0.891. The number of carboxylic acids is 1. The first-order valence-electron chi connectivity index (χ1n) is 4.26. The average molecular weight is 231 g/mol. The van der Waals surface area contributed by atoms with Crippen LogP contribution in [0.5, 0.6) is 0 Å². The number of nitrogens with two attached hydrogens (primary N) is 1. The number of anilines is 2. The predicted octanol–water partition coefficient (Wildman–Crippen LogP) is 0.907. The van der Waals surface area contributed by atoms with Crippen LogP contribution in [-0.4, -0.2) is 27.6 Å². The molecule has 0 aromatic carbocycles. The molecule has 0 fully saturated rings. The van der Waals surface area contributed by atoms with Crippen molar-refractivity contribution in [1.82, 2.24) is 9.97 Å². The maximum atomic E-state index is 10.3. The van der Waals surface area contributed by atoms with E-state index in [1.807, 2.05) is 0 Å².